The Labute approximate surface area is 134 Å². The number of fused-ring (bicyclic) bond motifs is 1. The minimum absolute atomic E-state index is 0.633. The van der Waals surface area contributed by atoms with Crippen molar-refractivity contribution in [2.24, 2.45) is 0 Å². The largest absolute Gasteiger partial charge is 0.486 e. The molecule has 122 valence electrons. The lowest BCUT2D eigenvalue weighted by Gasteiger charge is -2.20. The molecule has 2 rings (SSSR count). The fourth-order valence-corrected chi connectivity index (χ4v) is 2.61. The van der Waals surface area contributed by atoms with Crippen molar-refractivity contribution in [1.29, 1.82) is 0 Å². The lowest BCUT2D eigenvalue weighted by atomic mass is 10.1. The minimum Gasteiger partial charge on any atom is -0.486 e. The molecule has 0 radical (unpaired) electrons. The van der Waals surface area contributed by atoms with Gasteiger partial charge in [-0.3, -0.25) is 4.90 Å². The third kappa shape index (κ3) is 4.67. The highest BCUT2D eigenvalue weighted by atomic mass is 16.6. The molecule has 0 atom stereocenters. The Balaban J connectivity index is 2.00. The lowest BCUT2D eigenvalue weighted by Crippen LogP contribution is -2.25. The van der Waals surface area contributed by atoms with Gasteiger partial charge in [0.1, 0.15) is 13.2 Å². The molecule has 1 aliphatic heterocycles. The monoisotopic (exact) mass is 304 g/mol. The Kier molecular flexibility index (Phi) is 6.59. The van der Waals surface area contributed by atoms with Crippen LogP contribution in [0.4, 0.5) is 0 Å². The van der Waals surface area contributed by atoms with Crippen LogP contribution in [0.5, 0.6) is 11.5 Å². The van der Waals surface area contributed by atoms with Gasteiger partial charge in [-0.25, -0.2) is 0 Å². The standard InChI is InChI=1S/C18H28N2O2/c1-4-9-20(5-2)10-8-16(19-3)13-15-6-7-17-18(14-15)22-12-11-21-17/h6-8,14,19H,4-5,9-13H2,1-3H3/b16-8+. The molecule has 4 heteroatoms. The third-order valence-electron chi connectivity index (χ3n) is 3.91. The molecule has 0 spiro atoms. The normalized spacial score (nSPS) is 14.3. The number of rotatable bonds is 8. The number of nitrogens with zero attached hydrogens (tertiary/aromatic N) is 1. The number of allylic oxidation sites excluding steroid dienone is 1. The van der Waals surface area contributed by atoms with Crippen LogP contribution >= 0.6 is 0 Å². The van der Waals surface area contributed by atoms with Gasteiger partial charge in [-0.1, -0.05) is 26.0 Å². The van der Waals surface area contributed by atoms with E-state index in [2.05, 4.69) is 42.3 Å². The van der Waals surface area contributed by atoms with Gasteiger partial charge in [-0.15, -0.1) is 0 Å². The zero-order valence-electron chi connectivity index (χ0n) is 14.0. The van der Waals surface area contributed by atoms with Crippen LogP contribution < -0.4 is 14.8 Å². The summed E-state index contributed by atoms with van der Waals surface area (Å²) in [5, 5.41) is 3.31. The molecule has 0 bridgehead atoms. The Morgan fingerprint density at radius 3 is 2.68 bits per heavy atom. The highest BCUT2D eigenvalue weighted by Gasteiger charge is 2.12. The van der Waals surface area contributed by atoms with Gasteiger partial charge in [0.15, 0.2) is 11.5 Å². The van der Waals surface area contributed by atoms with Gasteiger partial charge >= 0.3 is 0 Å². The summed E-state index contributed by atoms with van der Waals surface area (Å²) < 4.78 is 11.2. The van der Waals surface area contributed by atoms with E-state index in [0.717, 1.165) is 37.6 Å². The summed E-state index contributed by atoms with van der Waals surface area (Å²) in [6, 6.07) is 6.21. The Morgan fingerprint density at radius 2 is 2.00 bits per heavy atom. The quantitative estimate of drug-likeness (QED) is 0.801. The van der Waals surface area contributed by atoms with Crippen LogP contribution in [0.2, 0.25) is 0 Å². The van der Waals surface area contributed by atoms with Gasteiger partial charge in [0.05, 0.1) is 0 Å². The van der Waals surface area contributed by atoms with E-state index in [9.17, 15) is 0 Å². The van der Waals surface area contributed by atoms with Crippen molar-refractivity contribution in [1.82, 2.24) is 10.2 Å². The number of hydrogen-bond acceptors (Lipinski definition) is 4. The summed E-state index contributed by atoms with van der Waals surface area (Å²) in [5.74, 6) is 1.71. The van der Waals surface area contributed by atoms with Crippen molar-refractivity contribution in [2.75, 3.05) is 39.9 Å². The smallest absolute Gasteiger partial charge is 0.161 e. The van der Waals surface area contributed by atoms with E-state index in [4.69, 9.17) is 9.47 Å². The second-order valence-corrected chi connectivity index (χ2v) is 5.53. The van der Waals surface area contributed by atoms with Crippen LogP contribution in [-0.2, 0) is 6.42 Å². The maximum absolute atomic E-state index is 5.65. The molecule has 0 amide bonds. The highest BCUT2D eigenvalue weighted by molar-refractivity contribution is 5.44. The predicted octanol–water partition coefficient (Wildman–Crippen LogP) is 2.84. The van der Waals surface area contributed by atoms with Crippen molar-refractivity contribution in [3.63, 3.8) is 0 Å². The second-order valence-electron chi connectivity index (χ2n) is 5.53. The maximum atomic E-state index is 5.65. The number of likely N-dealkylation sites (N-methyl/N-ethyl adjacent to an activating group) is 2. The van der Waals surface area contributed by atoms with Gasteiger partial charge in [0, 0.05) is 25.7 Å². The van der Waals surface area contributed by atoms with E-state index >= 15 is 0 Å². The van der Waals surface area contributed by atoms with Crippen LogP contribution in [-0.4, -0.2) is 44.8 Å². The number of ether oxygens (including phenoxy) is 2. The topological polar surface area (TPSA) is 33.7 Å². The van der Waals surface area contributed by atoms with Crippen molar-refractivity contribution in [2.45, 2.75) is 26.7 Å². The van der Waals surface area contributed by atoms with E-state index in [1.54, 1.807) is 0 Å². The van der Waals surface area contributed by atoms with E-state index in [1.807, 2.05) is 13.1 Å². The predicted molar refractivity (Wildman–Crippen MR) is 90.7 cm³/mol. The summed E-state index contributed by atoms with van der Waals surface area (Å²) in [6.45, 7) is 8.93. The van der Waals surface area contributed by atoms with E-state index in [0.29, 0.717) is 13.2 Å². The van der Waals surface area contributed by atoms with Crippen LogP contribution in [0.25, 0.3) is 0 Å². The fraction of sp³-hybridized carbons (Fsp3) is 0.556. The molecule has 0 saturated heterocycles. The fourth-order valence-electron chi connectivity index (χ4n) is 2.61. The average Bonchev–Trinajstić information content (AvgIpc) is 2.57. The molecule has 1 N–H and O–H groups in total. The molecule has 1 aromatic rings. The summed E-state index contributed by atoms with van der Waals surface area (Å²) in [4.78, 5) is 2.45. The average molecular weight is 304 g/mol. The van der Waals surface area contributed by atoms with Crippen molar-refractivity contribution >= 4 is 0 Å². The molecule has 0 fully saturated rings. The summed E-state index contributed by atoms with van der Waals surface area (Å²) >= 11 is 0. The minimum atomic E-state index is 0.633. The van der Waals surface area contributed by atoms with Crippen molar-refractivity contribution in [3.8, 4) is 11.5 Å². The molecular formula is C18H28N2O2. The molecule has 0 saturated carbocycles. The van der Waals surface area contributed by atoms with Gasteiger partial charge in [0.2, 0.25) is 0 Å². The lowest BCUT2D eigenvalue weighted by molar-refractivity contribution is 0.171. The third-order valence-corrected chi connectivity index (χ3v) is 3.91. The second kappa shape index (κ2) is 8.69. The summed E-state index contributed by atoms with van der Waals surface area (Å²) in [7, 11) is 1.99. The maximum Gasteiger partial charge on any atom is 0.161 e. The highest BCUT2D eigenvalue weighted by Crippen LogP contribution is 2.31. The first-order chi connectivity index (χ1) is 10.8. The Bertz CT molecular complexity index is 500. The molecule has 1 aromatic carbocycles. The first-order valence-corrected chi connectivity index (χ1v) is 8.24. The molecule has 0 aliphatic carbocycles. The van der Waals surface area contributed by atoms with Crippen LogP contribution in [0.3, 0.4) is 0 Å². The van der Waals surface area contributed by atoms with Gasteiger partial charge in [-0.2, -0.15) is 0 Å². The zero-order chi connectivity index (χ0) is 15.8. The number of nitrogens with one attached hydrogen (secondary N) is 1. The van der Waals surface area contributed by atoms with E-state index in [1.165, 1.54) is 17.7 Å². The molecular weight excluding hydrogens is 276 g/mol. The summed E-state index contributed by atoms with van der Waals surface area (Å²) in [5.41, 5.74) is 2.48. The number of hydrogen-bond donors (Lipinski definition) is 1. The molecule has 4 nitrogen and oxygen atoms in total. The van der Waals surface area contributed by atoms with Crippen LogP contribution in [0.1, 0.15) is 25.8 Å². The van der Waals surface area contributed by atoms with Crippen LogP contribution in [0.15, 0.2) is 30.0 Å². The zero-order valence-corrected chi connectivity index (χ0v) is 14.0. The van der Waals surface area contributed by atoms with Gasteiger partial charge in [0.25, 0.3) is 0 Å². The molecule has 1 heterocycles. The molecule has 0 unspecified atom stereocenters. The van der Waals surface area contributed by atoms with E-state index in [-0.39, 0.29) is 0 Å². The molecule has 0 aromatic heterocycles. The number of benzene rings is 1. The molecule has 1 aliphatic rings. The SMILES string of the molecule is CCCN(CC)C/C=C(\Cc1ccc2c(c1)OCCO2)NC. The van der Waals surface area contributed by atoms with Gasteiger partial charge in [-0.05, 0) is 37.2 Å². The first-order valence-electron chi connectivity index (χ1n) is 8.24. The van der Waals surface area contributed by atoms with Crippen LogP contribution in [0, 0.1) is 0 Å². The van der Waals surface area contributed by atoms with Crippen molar-refractivity contribution < 1.29 is 9.47 Å². The Hall–Kier alpha value is -1.68. The summed E-state index contributed by atoms with van der Waals surface area (Å²) in [6.07, 6.45) is 4.37. The Morgan fingerprint density at radius 1 is 1.23 bits per heavy atom. The first kappa shape index (κ1) is 16.7. The van der Waals surface area contributed by atoms with E-state index < -0.39 is 0 Å². The van der Waals surface area contributed by atoms with Gasteiger partial charge < -0.3 is 14.8 Å². The molecule has 22 heavy (non-hydrogen) atoms. The van der Waals surface area contributed by atoms with Crippen molar-refractivity contribution in [3.05, 3.63) is 35.5 Å².